The number of aryl methyl sites for hydroxylation is 1. The molecule has 7 nitrogen and oxygen atoms in total. The molecule has 2 aromatic rings. The summed E-state index contributed by atoms with van der Waals surface area (Å²) in [7, 11) is 1.42. The van der Waals surface area contributed by atoms with Crippen molar-refractivity contribution in [3.63, 3.8) is 0 Å². The van der Waals surface area contributed by atoms with E-state index in [9.17, 15) is 4.79 Å². The van der Waals surface area contributed by atoms with Crippen LogP contribution in [0.1, 0.15) is 43.9 Å². The molecule has 0 saturated heterocycles. The van der Waals surface area contributed by atoms with Crippen LogP contribution >= 0.6 is 0 Å². The summed E-state index contributed by atoms with van der Waals surface area (Å²) in [6, 6.07) is 8.07. The number of carbonyl (C=O) groups excluding carboxylic acids is 1. The number of unbranched alkanes of at least 4 members (excludes halogenated alkanes) is 2. The molecule has 0 bridgehead atoms. The molecule has 2 rings (SSSR count). The maximum atomic E-state index is 11.1. The van der Waals surface area contributed by atoms with Gasteiger partial charge in [-0.25, -0.2) is 9.98 Å². The first-order valence-corrected chi connectivity index (χ1v) is 9.72. The van der Waals surface area contributed by atoms with Crippen LogP contribution in [0.5, 0.6) is 0 Å². The highest BCUT2D eigenvalue weighted by atomic mass is 16.5. The number of aliphatic imine (C=N–C) groups is 1. The molecule has 0 fully saturated rings. The number of guanidine groups is 1. The molecule has 0 aliphatic carbocycles. The first-order valence-electron chi connectivity index (χ1n) is 9.72. The van der Waals surface area contributed by atoms with E-state index in [1.54, 1.807) is 6.26 Å². The number of rotatable bonds is 10. The van der Waals surface area contributed by atoms with Crippen LogP contribution in [0.15, 0.2) is 39.9 Å². The molecule has 2 N–H and O–H groups in total. The normalized spacial score (nSPS) is 11.3. The van der Waals surface area contributed by atoms with Crippen molar-refractivity contribution >= 4 is 11.9 Å². The Kier molecular flexibility index (Phi) is 9.04. The molecule has 7 heteroatoms. The van der Waals surface area contributed by atoms with Gasteiger partial charge >= 0.3 is 5.97 Å². The summed E-state index contributed by atoms with van der Waals surface area (Å²) in [4.78, 5) is 20.2. The second kappa shape index (κ2) is 11.8. The molecule has 0 aliphatic heterocycles. The first-order chi connectivity index (χ1) is 13.6. The van der Waals surface area contributed by atoms with E-state index in [1.165, 1.54) is 12.7 Å². The van der Waals surface area contributed by atoms with Crippen molar-refractivity contribution in [1.82, 2.24) is 15.6 Å². The monoisotopic (exact) mass is 386 g/mol. The predicted octanol–water partition coefficient (Wildman–Crippen LogP) is 3.44. The second-order valence-electron chi connectivity index (χ2n) is 6.52. The van der Waals surface area contributed by atoms with E-state index >= 15 is 0 Å². The third-order valence-corrected chi connectivity index (χ3v) is 4.17. The van der Waals surface area contributed by atoms with Crippen LogP contribution in [0, 0.1) is 6.92 Å². The molecule has 1 aromatic heterocycles. The maximum absolute atomic E-state index is 11.1. The van der Waals surface area contributed by atoms with Gasteiger partial charge in [0.15, 0.2) is 5.96 Å². The standard InChI is InChI=1S/C21H30N4O3/c1-4-22-21(23-13-7-5-6-8-19(26)27-3)24-14-18-15-28-20(25-18)17-11-9-16(2)10-12-17/h9-12,15H,4-8,13-14H2,1-3H3,(H2,22,23,24). The lowest BCUT2D eigenvalue weighted by molar-refractivity contribution is -0.140. The van der Waals surface area contributed by atoms with Crippen molar-refractivity contribution in [3.8, 4) is 11.5 Å². The zero-order valence-corrected chi connectivity index (χ0v) is 17.0. The van der Waals surface area contributed by atoms with Crippen molar-refractivity contribution in [2.45, 2.75) is 46.1 Å². The van der Waals surface area contributed by atoms with Crippen LogP contribution in [0.25, 0.3) is 11.5 Å². The SMILES string of the molecule is CCNC(=NCc1coc(-c2ccc(C)cc2)n1)NCCCCCC(=O)OC. The van der Waals surface area contributed by atoms with Crippen molar-refractivity contribution in [2.24, 2.45) is 4.99 Å². The Hall–Kier alpha value is -2.83. The van der Waals surface area contributed by atoms with Crippen molar-refractivity contribution < 1.29 is 13.9 Å². The summed E-state index contributed by atoms with van der Waals surface area (Å²) in [5, 5.41) is 6.52. The third kappa shape index (κ3) is 7.42. The molecule has 0 atom stereocenters. The van der Waals surface area contributed by atoms with Gasteiger partial charge in [-0.3, -0.25) is 4.79 Å². The van der Waals surface area contributed by atoms with Gasteiger partial charge in [-0.15, -0.1) is 0 Å². The molecule has 0 spiro atoms. The highest BCUT2D eigenvalue weighted by molar-refractivity contribution is 5.79. The number of nitrogens with zero attached hydrogens (tertiary/aromatic N) is 2. The van der Waals surface area contributed by atoms with Crippen molar-refractivity contribution in [3.05, 3.63) is 41.8 Å². The summed E-state index contributed by atoms with van der Waals surface area (Å²) in [5.74, 6) is 1.20. The number of carbonyl (C=O) groups is 1. The van der Waals surface area contributed by atoms with Gasteiger partial charge in [0.1, 0.15) is 12.0 Å². The van der Waals surface area contributed by atoms with Crippen LogP contribution in [-0.2, 0) is 16.1 Å². The van der Waals surface area contributed by atoms with E-state index in [4.69, 9.17) is 4.42 Å². The quantitative estimate of drug-likeness (QED) is 0.281. The minimum atomic E-state index is -0.152. The number of hydrogen-bond acceptors (Lipinski definition) is 5. The van der Waals surface area contributed by atoms with E-state index in [1.807, 2.05) is 38.1 Å². The van der Waals surface area contributed by atoms with Gasteiger partial charge in [0.2, 0.25) is 5.89 Å². The predicted molar refractivity (Wildman–Crippen MR) is 110 cm³/mol. The number of oxazole rings is 1. The van der Waals surface area contributed by atoms with Gasteiger partial charge in [-0.2, -0.15) is 0 Å². The van der Waals surface area contributed by atoms with E-state index in [2.05, 4.69) is 25.3 Å². The molecule has 152 valence electrons. The lowest BCUT2D eigenvalue weighted by Gasteiger charge is -2.10. The van der Waals surface area contributed by atoms with Gasteiger partial charge < -0.3 is 19.8 Å². The van der Waals surface area contributed by atoms with Crippen molar-refractivity contribution in [1.29, 1.82) is 0 Å². The summed E-state index contributed by atoms with van der Waals surface area (Å²) in [6.07, 6.45) is 4.88. The Bertz CT molecular complexity index is 753. The van der Waals surface area contributed by atoms with Crippen LogP contribution in [0.4, 0.5) is 0 Å². The molecule has 0 radical (unpaired) electrons. The van der Waals surface area contributed by atoms with E-state index in [0.717, 1.165) is 49.6 Å². The Morgan fingerprint density at radius 3 is 2.68 bits per heavy atom. The zero-order chi connectivity index (χ0) is 20.2. The lowest BCUT2D eigenvalue weighted by atomic mass is 10.1. The van der Waals surface area contributed by atoms with Gasteiger partial charge in [0, 0.05) is 25.1 Å². The van der Waals surface area contributed by atoms with Crippen LogP contribution in [-0.4, -0.2) is 37.1 Å². The molecular weight excluding hydrogens is 356 g/mol. The Morgan fingerprint density at radius 2 is 1.96 bits per heavy atom. The van der Waals surface area contributed by atoms with Crippen LogP contribution in [0.3, 0.4) is 0 Å². The number of benzene rings is 1. The fourth-order valence-corrected chi connectivity index (χ4v) is 2.59. The Balaban J connectivity index is 1.80. The molecule has 28 heavy (non-hydrogen) atoms. The molecular formula is C21H30N4O3. The van der Waals surface area contributed by atoms with Gasteiger partial charge in [-0.05, 0) is 38.8 Å². The van der Waals surface area contributed by atoms with E-state index < -0.39 is 0 Å². The second-order valence-corrected chi connectivity index (χ2v) is 6.52. The summed E-state index contributed by atoms with van der Waals surface area (Å²) in [5.41, 5.74) is 2.94. The fraction of sp³-hybridized carbons (Fsp3) is 0.476. The van der Waals surface area contributed by atoms with Crippen molar-refractivity contribution in [2.75, 3.05) is 20.2 Å². The lowest BCUT2D eigenvalue weighted by Crippen LogP contribution is -2.37. The minimum absolute atomic E-state index is 0.152. The highest BCUT2D eigenvalue weighted by Gasteiger charge is 2.07. The molecule has 0 amide bonds. The fourth-order valence-electron chi connectivity index (χ4n) is 2.59. The van der Waals surface area contributed by atoms with Crippen LogP contribution < -0.4 is 10.6 Å². The van der Waals surface area contributed by atoms with Crippen LogP contribution in [0.2, 0.25) is 0 Å². The summed E-state index contributed by atoms with van der Waals surface area (Å²) < 4.78 is 10.2. The minimum Gasteiger partial charge on any atom is -0.469 e. The first kappa shape index (κ1) is 21.5. The number of methoxy groups -OCH3 is 1. The van der Waals surface area contributed by atoms with Gasteiger partial charge in [-0.1, -0.05) is 24.1 Å². The van der Waals surface area contributed by atoms with Gasteiger partial charge in [0.25, 0.3) is 0 Å². The summed E-state index contributed by atoms with van der Waals surface area (Å²) in [6.45, 7) is 6.09. The Labute approximate surface area is 166 Å². The third-order valence-electron chi connectivity index (χ3n) is 4.17. The number of esters is 1. The molecule has 0 saturated carbocycles. The zero-order valence-electron chi connectivity index (χ0n) is 17.0. The molecule has 1 heterocycles. The maximum Gasteiger partial charge on any atom is 0.305 e. The average Bonchev–Trinajstić information content (AvgIpc) is 3.18. The molecule has 0 unspecified atom stereocenters. The number of ether oxygens (including phenoxy) is 1. The largest absolute Gasteiger partial charge is 0.469 e. The Morgan fingerprint density at radius 1 is 1.18 bits per heavy atom. The molecule has 0 aliphatic rings. The highest BCUT2D eigenvalue weighted by Crippen LogP contribution is 2.19. The number of nitrogens with one attached hydrogen (secondary N) is 2. The van der Waals surface area contributed by atoms with E-state index in [0.29, 0.717) is 18.9 Å². The summed E-state index contributed by atoms with van der Waals surface area (Å²) >= 11 is 0. The average molecular weight is 386 g/mol. The smallest absolute Gasteiger partial charge is 0.305 e. The van der Waals surface area contributed by atoms with E-state index in [-0.39, 0.29) is 5.97 Å². The molecule has 1 aromatic carbocycles. The number of aromatic nitrogens is 1. The number of hydrogen-bond donors (Lipinski definition) is 2. The van der Waals surface area contributed by atoms with Gasteiger partial charge in [0.05, 0.1) is 13.7 Å². The topological polar surface area (TPSA) is 88.8 Å².